The summed E-state index contributed by atoms with van der Waals surface area (Å²) >= 11 is 0. The third kappa shape index (κ3) is 2.88. The van der Waals surface area contributed by atoms with Crippen molar-refractivity contribution >= 4 is 10.8 Å². The van der Waals surface area contributed by atoms with Gasteiger partial charge in [-0.05, 0) is 24.4 Å². The van der Waals surface area contributed by atoms with Crippen molar-refractivity contribution in [3.63, 3.8) is 0 Å². The lowest BCUT2D eigenvalue weighted by molar-refractivity contribution is -0.326. The Balaban J connectivity index is 1.63. The van der Waals surface area contributed by atoms with Gasteiger partial charge in [0, 0.05) is 24.2 Å². The summed E-state index contributed by atoms with van der Waals surface area (Å²) in [6, 6.07) is 7.34. The maximum atomic E-state index is 10.6. The zero-order chi connectivity index (χ0) is 17.6. The number of benzene rings is 1. The van der Waals surface area contributed by atoms with Crippen LogP contribution in [0.3, 0.4) is 0 Å². The maximum absolute atomic E-state index is 10.6. The van der Waals surface area contributed by atoms with Crippen molar-refractivity contribution in [3.8, 4) is 5.75 Å². The van der Waals surface area contributed by atoms with Gasteiger partial charge in [-0.1, -0.05) is 12.1 Å². The van der Waals surface area contributed by atoms with Crippen LogP contribution in [-0.4, -0.2) is 63.2 Å². The number of aliphatic hydroxyl groups excluding tert-OH is 2. The van der Waals surface area contributed by atoms with Crippen LogP contribution in [0.25, 0.3) is 10.8 Å². The summed E-state index contributed by atoms with van der Waals surface area (Å²) < 4.78 is 17.2. The summed E-state index contributed by atoms with van der Waals surface area (Å²) in [5.74, 6) is 0.483. The summed E-state index contributed by atoms with van der Waals surface area (Å²) in [5.41, 5.74) is -1.17. The van der Waals surface area contributed by atoms with Gasteiger partial charge in [0.1, 0.15) is 30.2 Å². The van der Waals surface area contributed by atoms with Gasteiger partial charge in [-0.25, -0.2) is 0 Å². The average molecular weight is 347 g/mol. The van der Waals surface area contributed by atoms with Crippen LogP contribution in [0.5, 0.6) is 5.75 Å². The Morgan fingerprint density at radius 2 is 2.08 bits per heavy atom. The van der Waals surface area contributed by atoms with E-state index in [-0.39, 0.29) is 0 Å². The Labute approximate surface area is 144 Å². The fraction of sp³-hybridized carbons (Fsp3) is 0.500. The molecular weight excluding hydrogens is 326 g/mol. The van der Waals surface area contributed by atoms with Crippen LogP contribution in [0.4, 0.5) is 0 Å². The third-order valence-electron chi connectivity index (χ3n) is 4.96. The molecule has 1 aromatic carbocycles. The molecular formula is C18H21NO6. The van der Waals surface area contributed by atoms with Gasteiger partial charge < -0.3 is 29.5 Å². The van der Waals surface area contributed by atoms with Crippen LogP contribution >= 0.6 is 0 Å². The fourth-order valence-corrected chi connectivity index (χ4v) is 3.48. The lowest BCUT2D eigenvalue weighted by atomic mass is 9.83. The lowest BCUT2D eigenvalue weighted by Gasteiger charge is -2.49. The minimum atomic E-state index is -1.30. The van der Waals surface area contributed by atoms with Crippen molar-refractivity contribution in [1.82, 2.24) is 4.98 Å². The van der Waals surface area contributed by atoms with Gasteiger partial charge in [0.2, 0.25) is 6.29 Å². The van der Waals surface area contributed by atoms with Crippen molar-refractivity contribution in [2.24, 2.45) is 0 Å². The second-order valence-corrected chi connectivity index (χ2v) is 6.82. The summed E-state index contributed by atoms with van der Waals surface area (Å²) in [6.45, 7) is 1.93. The number of hydrogen-bond acceptors (Lipinski definition) is 7. The van der Waals surface area contributed by atoms with E-state index < -0.39 is 36.3 Å². The van der Waals surface area contributed by atoms with Crippen LogP contribution in [-0.2, 0) is 9.47 Å². The Kier molecular flexibility index (Phi) is 4.13. The number of aromatic nitrogens is 1. The number of aliphatic hydroxyl groups is 3. The molecule has 2 fully saturated rings. The van der Waals surface area contributed by atoms with Crippen LogP contribution in [0.1, 0.15) is 13.3 Å². The number of nitrogens with zero attached hydrogens (tertiary/aromatic N) is 1. The molecule has 0 saturated carbocycles. The van der Waals surface area contributed by atoms with Gasteiger partial charge >= 0.3 is 0 Å². The van der Waals surface area contributed by atoms with E-state index in [4.69, 9.17) is 14.2 Å². The smallest absolute Gasteiger partial charge is 0.229 e. The highest BCUT2D eigenvalue weighted by molar-refractivity contribution is 5.87. The monoisotopic (exact) mass is 347 g/mol. The minimum absolute atomic E-state index is 0.293. The highest BCUT2D eigenvalue weighted by Gasteiger charge is 2.54. The number of pyridine rings is 1. The second kappa shape index (κ2) is 6.19. The molecule has 7 nitrogen and oxygen atoms in total. The Hall–Kier alpha value is -1.77. The van der Waals surface area contributed by atoms with Crippen molar-refractivity contribution < 1.29 is 29.5 Å². The summed E-state index contributed by atoms with van der Waals surface area (Å²) in [4.78, 5) is 4.10. The Bertz CT molecular complexity index is 761. The largest absolute Gasteiger partial charge is 0.461 e. The first kappa shape index (κ1) is 16.7. The molecule has 2 aromatic rings. The van der Waals surface area contributed by atoms with Crippen molar-refractivity contribution in [1.29, 1.82) is 0 Å². The molecule has 1 aromatic heterocycles. The molecule has 134 valence electrons. The van der Waals surface area contributed by atoms with Crippen LogP contribution in [0.15, 0.2) is 36.7 Å². The first-order valence-electron chi connectivity index (χ1n) is 8.32. The van der Waals surface area contributed by atoms with E-state index in [2.05, 4.69) is 4.98 Å². The molecule has 0 aliphatic carbocycles. The first-order chi connectivity index (χ1) is 12.0. The number of hydrogen-bond donors (Lipinski definition) is 3. The molecule has 0 spiro atoms. The van der Waals surface area contributed by atoms with E-state index >= 15 is 0 Å². The van der Waals surface area contributed by atoms with Gasteiger partial charge in [-0.15, -0.1) is 0 Å². The van der Waals surface area contributed by atoms with Gasteiger partial charge in [0.05, 0.1) is 12.2 Å². The highest BCUT2D eigenvalue weighted by atomic mass is 16.7. The zero-order valence-electron chi connectivity index (χ0n) is 13.8. The fourth-order valence-electron chi connectivity index (χ4n) is 3.48. The summed E-state index contributed by atoms with van der Waals surface area (Å²) in [6.07, 6.45) is -1.52. The molecule has 25 heavy (non-hydrogen) atoms. The standard InChI is InChI=1S/C18H21NO6/c1-18(22)6-8-23-15-13(20)14(21)17(25-16(15)18)24-12-4-2-3-10-5-7-19-9-11(10)12/h2-5,7,9,13-17,20-22H,6,8H2,1H3. The van der Waals surface area contributed by atoms with Crippen LogP contribution < -0.4 is 4.74 Å². The Morgan fingerprint density at radius 3 is 2.92 bits per heavy atom. The highest BCUT2D eigenvalue weighted by Crippen LogP contribution is 2.37. The number of rotatable bonds is 2. The molecule has 6 unspecified atom stereocenters. The van der Waals surface area contributed by atoms with E-state index in [0.29, 0.717) is 18.8 Å². The van der Waals surface area contributed by atoms with E-state index in [1.807, 2.05) is 18.2 Å². The predicted octanol–water partition coefficient (Wildman–Crippen LogP) is 0.600. The third-order valence-corrected chi connectivity index (χ3v) is 4.96. The SMILES string of the molecule is CC1(O)CCOC2C(O)C(O)C(Oc3cccc4ccncc34)OC21. The van der Waals surface area contributed by atoms with Crippen LogP contribution in [0, 0.1) is 0 Å². The Morgan fingerprint density at radius 1 is 1.24 bits per heavy atom. The van der Waals surface area contributed by atoms with Gasteiger partial charge in [-0.3, -0.25) is 4.98 Å². The van der Waals surface area contributed by atoms with Crippen LogP contribution in [0.2, 0.25) is 0 Å². The van der Waals surface area contributed by atoms with Crippen molar-refractivity contribution in [2.75, 3.05) is 6.61 Å². The van der Waals surface area contributed by atoms with E-state index in [1.165, 1.54) is 0 Å². The van der Waals surface area contributed by atoms with E-state index in [1.54, 1.807) is 25.4 Å². The molecule has 2 aliphatic rings. The molecule has 0 bridgehead atoms. The zero-order valence-corrected chi connectivity index (χ0v) is 13.8. The number of fused-ring (bicyclic) bond motifs is 2. The van der Waals surface area contributed by atoms with Gasteiger partial charge in [0.25, 0.3) is 0 Å². The molecule has 7 heteroatoms. The quantitative estimate of drug-likeness (QED) is 0.731. The maximum Gasteiger partial charge on any atom is 0.229 e. The molecule has 0 amide bonds. The molecule has 3 heterocycles. The number of ether oxygens (including phenoxy) is 3. The van der Waals surface area contributed by atoms with E-state index in [9.17, 15) is 15.3 Å². The van der Waals surface area contributed by atoms with E-state index in [0.717, 1.165) is 10.8 Å². The molecule has 3 N–H and O–H groups in total. The molecule has 0 radical (unpaired) electrons. The molecule has 2 aliphatic heterocycles. The molecule has 6 atom stereocenters. The predicted molar refractivity (Wildman–Crippen MR) is 88.0 cm³/mol. The molecule has 2 saturated heterocycles. The van der Waals surface area contributed by atoms with Gasteiger partial charge in [-0.2, -0.15) is 0 Å². The lowest BCUT2D eigenvalue weighted by Crippen LogP contribution is -2.67. The van der Waals surface area contributed by atoms with Crippen molar-refractivity contribution in [2.45, 2.75) is 49.7 Å². The average Bonchev–Trinajstić information content (AvgIpc) is 2.60. The topological polar surface area (TPSA) is 101 Å². The summed E-state index contributed by atoms with van der Waals surface area (Å²) in [7, 11) is 0. The minimum Gasteiger partial charge on any atom is -0.461 e. The second-order valence-electron chi connectivity index (χ2n) is 6.82. The van der Waals surface area contributed by atoms with Gasteiger partial charge in [0.15, 0.2) is 0 Å². The molecule has 4 rings (SSSR count). The van der Waals surface area contributed by atoms with Crippen molar-refractivity contribution in [3.05, 3.63) is 36.7 Å². The normalized spacial score (nSPS) is 38.3. The summed E-state index contributed by atoms with van der Waals surface area (Å²) in [5, 5.41) is 33.1. The first-order valence-corrected chi connectivity index (χ1v) is 8.32.